The zero-order valence-corrected chi connectivity index (χ0v) is 18.2. The van der Waals surface area contributed by atoms with Crippen LogP contribution in [0.4, 0.5) is 0 Å². The highest BCUT2D eigenvalue weighted by molar-refractivity contribution is 6.07. The maximum Gasteiger partial charge on any atom is 0.257 e. The van der Waals surface area contributed by atoms with E-state index < -0.39 is 0 Å². The molecule has 3 heterocycles. The number of H-pyrrole nitrogens is 1. The number of carbonyl (C=O) groups excluding carboxylic acids is 2. The quantitative estimate of drug-likeness (QED) is 0.457. The van der Waals surface area contributed by atoms with Crippen LogP contribution in [0.25, 0.3) is 16.5 Å². The van der Waals surface area contributed by atoms with E-state index in [9.17, 15) is 9.59 Å². The van der Waals surface area contributed by atoms with Gasteiger partial charge < -0.3 is 9.88 Å². The van der Waals surface area contributed by atoms with Gasteiger partial charge in [-0.1, -0.05) is 54.1 Å². The van der Waals surface area contributed by atoms with Gasteiger partial charge in [-0.2, -0.15) is 0 Å². The smallest absolute Gasteiger partial charge is 0.257 e. The normalized spacial score (nSPS) is 15.9. The Labute approximate surface area is 191 Å². The third kappa shape index (κ3) is 3.28. The van der Waals surface area contributed by atoms with Gasteiger partial charge in [-0.3, -0.25) is 14.6 Å². The minimum Gasteiger partial charge on any atom is -0.360 e. The number of aromatic nitrogens is 2. The average molecular weight is 434 g/mol. The lowest BCUT2D eigenvalue weighted by atomic mass is 9.86. The number of aromatic amines is 1. The van der Waals surface area contributed by atoms with Crippen molar-refractivity contribution in [3.63, 3.8) is 0 Å². The second-order valence-corrected chi connectivity index (χ2v) is 8.70. The van der Waals surface area contributed by atoms with E-state index in [4.69, 9.17) is 0 Å². The van der Waals surface area contributed by atoms with Crippen molar-refractivity contribution in [2.75, 3.05) is 13.1 Å². The molecule has 0 bridgehead atoms. The molecule has 0 unspecified atom stereocenters. The molecule has 1 N–H and O–H groups in total. The molecular formula is C28H23N3O2. The lowest BCUT2D eigenvalue weighted by Crippen LogP contribution is -2.36. The van der Waals surface area contributed by atoms with Gasteiger partial charge in [0.25, 0.3) is 5.91 Å². The molecule has 33 heavy (non-hydrogen) atoms. The Morgan fingerprint density at radius 3 is 2.42 bits per heavy atom. The maximum atomic E-state index is 13.3. The van der Waals surface area contributed by atoms with E-state index in [1.54, 1.807) is 12.4 Å². The highest BCUT2D eigenvalue weighted by Gasteiger charge is 2.28. The lowest BCUT2D eigenvalue weighted by Gasteiger charge is -2.30. The zero-order chi connectivity index (χ0) is 22.4. The molecule has 162 valence electrons. The largest absolute Gasteiger partial charge is 0.360 e. The predicted molar refractivity (Wildman–Crippen MR) is 128 cm³/mol. The molecule has 6 rings (SSSR count). The Morgan fingerprint density at radius 1 is 0.879 bits per heavy atom. The predicted octanol–water partition coefficient (Wildman–Crippen LogP) is 5.04. The number of nitrogens with one attached hydrogen (secondary N) is 1. The van der Waals surface area contributed by atoms with Crippen LogP contribution in [-0.2, 0) is 6.42 Å². The first-order chi connectivity index (χ1) is 16.2. The van der Waals surface area contributed by atoms with Gasteiger partial charge in [0.05, 0.1) is 11.1 Å². The van der Waals surface area contributed by atoms with Gasteiger partial charge in [-0.05, 0) is 41.2 Å². The molecular weight excluding hydrogens is 410 g/mol. The van der Waals surface area contributed by atoms with Crippen molar-refractivity contribution in [2.45, 2.75) is 19.3 Å². The molecule has 2 aromatic heterocycles. The summed E-state index contributed by atoms with van der Waals surface area (Å²) in [7, 11) is 0. The molecule has 2 aromatic carbocycles. The van der Waals surface area contributed by atoms with Crippen molar-refractivity contribution in [3.8, 4) is 0 Å². The SMILES string of the molecule is O=C1Cc2ccccc2C(=C2CCN(C(=O)c3cncc4cc[nH]c34)CC2)c2ccccc21. The van der Waals surface area contributed by atoms with Crippen LogP contribution in [0.2, 0.25) is 0 Å². The fourth-order valence-electron chi connectivity index (χ4n) is 5.20. The fraction of sp³-hybridized carbons (Fsp3) is 0.179. The second-order valence-electron chi connectivity index (χ2n) is 8.70. The van der Waals surface area contributed by atoms with Crippen LogP contribution >= 0.6 is 0 Å². The molecule has 0 spiro atoms. The minimum atomic E-state index is 0.0106. The molecule has 0 radical (unpaired) electrons. The van der Waals surface area contributed by atoms with Crippen molar-refractivity contribution >= 4 is 28.2 Å². The Morgan fingerprint density at radius 2 is 1.61 bits per heavy atom. The number of pyridine rings is 1. The number of hydrogen-bond donors (Lipinski definition) is 1. The van der Waals surface area contributed by atoms with Crippen LogP contribution in [0.3, 0.4) is 0 Å². The van der Waals surface area contributed by atoms with Crippen LogP contribution in [0.1, 0.15) is 50.2 Å². The van der Waals surface area contributed by atoms with Crippen LogP contribution in [-0.4, -0.2) is 39.6 Å². The highest BCUT2D eigenvalue weighted by atomic mass is 16.2. The van der Waals surface area contributed by atoms with Crippen molar-refractivity contribution in [3.05, 3.63) is 107 Å². The first-order valence-electron chi connectivity index (χ1n) is 11.3. The third-order valence-electron chi connectivity index (χ3n) is 6.84. The zero-order valence-electron chi connectivity index (χ0n) is 18.2. The summed E-state index contributed by atoms with van der Waals surface area (Å²) in [5.41, 5.74) is 7.96. The summed E-state index contributed by atoms with van der Waals surface area (Å²) in [5.74, 6) is 0.171. The van der Waals surface area contributed by atoms with Gasteiger partial charge in [0, 0.05) is 49.1 Å². The first-order valence-corrected chi connectivity index (χ1v) is 11.3. The molecule has 1 aliphatic carbocycles. The average Bonchev–Trinajstić information content (AvgIpc) is 3.30. The Hall–Kier alpha value is -3.99. The molecule has 1 fully saturated rings. The summed E-state index contributed by atoms with van der Waals surface area (Å²) >= 11 is 0. The number of carbonyl (C=O) groups is 2. The molecule has 5 nitrogen and oxygen atoms in total. The van der Waals surface area contributed by atoms with Gasteiger partial charge in [-0.25, -0.2) is 0 Å². The number of Topliss-reactive ketones (excluding diaryl/α,β-unsaturated/α-hetero) is 1. The third-order valence-corrected chi connectivity index (χ3v) is 6.84. The molecule has 0 saturated carbocycles. The van der Waals surface area contributed by atoms with E-state index in [1.807, 2.05) is 47.5 Å². The first kappa shape index (κ1) is 19.7. The molecule has 0 atom stereocenters. The van der Waals surface area contributed by atoms with E-state index in [2.05, 4.69) is 28.2 Å². The van der Waals surface area contributed by atoms with Gasteiger partial charge in [0.15, 0.2) is 5.78 Å². The number of nitrogens with zero attached hydrogens (tertiary/aromatic N) is 2. The molecule has 1 aliphatic heterocycles. The molecule has 1 amide bonds. The van der Waals surface area contributed by atoms with Crippen molar-refractivity contribution in [1.29, 1.82) is 0 Å². The number of rotatable bonds is 1. The Balaban J connectivity index is 1.37. The standard InChI is InChI=1S/C28H23N3O2/c32-25-15-19-5-1-2-6-21(19)26(23-8-4-3-7-22(23)25)18-10-13-31(14-11-18)28(33)24-17-29-16-20-9-12-30-27(20)24/h1-9,12,16-17,30H,10-11,13-15H2. The summed E-state index contributed by atoms with van der Waals surface area (Å²) in [6.45, 7) is 1.29. The number of likely N-dealkylation sites (tertiary alicyclic amines) is 1. The summed E-state index contributed by atoms with van der Waals surface area (Å²) in [4.78, 5) is 35.6. The van der Waals surface area contributed by atoms with E-state index in [0.29, 0.717) is 25.1 Å². The van der Waals surface area contributed by atoms with Gasteiger partial charge in [0.1, 0.15) is 0 Å². The summed E-state index contributed by atoms with van der Waals surface area (Å²) in [5, 5.41) is 0.942. The van der Waals surface area contributed by atoms with Crippen molar-refractivity contribution in [2.24, 2.45) is 0 Å². The van der Waals surface area contributed by atoms with Gasteiger partial charge >= 0.3 is 0 Å². The molecule has 4 aromatic rings. The number of ketones is 1. The van der Waals surface area contributed by atoms with Crippen LogP contribution in [0, 0.1) is 0 Å². The monoisotopic (exact) mass is 433 g/mol. The fourth-order valence-corrected chi connectivity index (χ4v) is 5.20. The van der Waals surface area contributed by atoms with E-state index in [1.165, 1.54) is 11.1 Å². The highest BCUT2D eigenvalue weighted by Crippen LogP contribution is 2.38. The maximum absolute atomic E-state index is 13.3. The number of amides is 1. The molecule has 5 heteroatoms. The second kappa shape index (κ2) is 7.85. The topological polar surface area (TPSA) is 66.1 Å². The minimum absolute atomic E-state index is 0.0106. The summed E-state index contributed by atoms with van der Waals surface area (Å²) in [6.07, 6.45) is 7.24. The van der Waals surface area contributed by atoms with Crippen LogP contribution in [0.5, 0.6) is 0 Å². The number of hydrogen-bond acceptors (Lipinski definition) is 3. The van der Waals surface area contributed by atoms with E-state index in [-0.39, 0.29) is 11.7 Å². The number of piperidine rings is 1. The molecule has 1 saturated heterocycles. The van der Waals surface area contributed by atoms with Crippen molar-refractivity contribution in [1.82, 2.24) is 14.9 Å². The van der Waals surface area contributed by atoms with Gasteiger partial charge in [0.2, 0.25) is 0 Å². The lowest BCUT2D eigenvalue weighted by molar-refractivity contribution is 0.0745. The molecule has 2 aliphatic rings. The van der Waals surface area contributed by atoms with Gasteiger partial charge in [-0.15, -0.1) is 0 Å². The van der Waals surface area contributed by atoms with Crippen LogP contribution < -0.4 is 0 Å². The summed E-state index contributed by atoms with van der Waals surface area (Å²) < 4.78 is 0. The number of fused-ring (bicyclic) bond motifs is 3. The van der Waals surface area contributed by atoms with E-state index >= 15 is 0 Å². The number of benzene rings is 2. The summed E-state index contributed by atoms with van der Waals surface area (Å²) in [6, 6.07) is 18.1. The van der Waals surface area contributed by atoms with Crippen LogP contribution in [0.15, 0.2) is 78.8 Å². The van der Waals surface area contributed by atoms with E-state index in [0.717, 1.165) is 46.0 Å². The Bertz CT molecular complexity index is 1440. The van der Waals surface area contributed by atoms with Crippen molar-refractivity contribution < 1.29 is 9.59 Å². The Kier molecular flexibility index (Phi) is 4.68.